The minimum absolute atomic E-state index is 0.0662. The Morgan fingerprint density at radius 2 is 1.68 bits per heavy atom. The monoisotopic (exact) mass is 732 g/mol. The number of hydrogen-bond donors (Lipinski definition) is 3. The summed E-state index contributed by atoms with van der Waals surface area (Å²) in [4.78, 5) is 44.9. The van der Waals surface area contributed by atoms with E-state index in [1.54, 1.807) is 71.9 Å². The topological polar surface area (TPSA) is 157 Å². The van der Waals surface area contributed by atoms with E-state index in [0.29, 0.717) is 16.1 Å². The number of nitrogens with one attached hydrogen (secondary N) is 2. The molecule has 0 aliphatic heterocycles. The van der Waals surface area contributed by atoms with E-state index in [-0.39, 0.29) is 28.8 Å². The van der Waals surface area contributed by atoms with Gasteiger partial charge in [0.05, 0.1) is 23.0 Å². The van der Waals surface area contributed by atoms with Gasteiger partial charge < -0.3 is 19.7 Å². The number of amides is 1. The van der Waals surface area contributed by atoms with Crippen molar-refractivity contribution in [3.8, 4) is 11.1 Å². The average Bonchev–Trinajstić information content (AvgIpc) is 3.39. The summed E-state index contributed by atoms with van der Waals surface area (Å²) in [6.45, 7) is 11.1. The number of carbonyl (C=O) groups excluding carboxylic acids is 2. The Hall–Kier alpha value is -4.56. The third-order valence-electron chi connectivity index (χ3n) is 8.20. The molecule has 4 aromatic rings. The number of carboxylic acids is 1. The first-order valence-electron chi connectivity index (χ1n) is 15.8. The number of rotatable bonds is 12. The molecule has 2 atom stereocenters. The molecule has 0 radical (unpaired) electrons. The third-order valence-corrected chi connectivity index (χ3v) is 9.93. The van der Waals surface area contributed by atoms with Gasteiger partial charge in [0, 0.05) is 33.9 Å². The zero-order chi connectivity index (χ0) is 37.3. The van der Waals surface area contributed by atoms with Crippen LogP contribution in [0.2, 0.25) is 5.02 Å². The van der Waals surface area contributed by atoms with Crippen LogP contribution in [0.15, 0.2) is 54.9 Å². The Labute approximate surface area is 294 Å². The Morgan fingerprint density at radius 3 is 2.24 bits per heavy atom. The van der Waals surface area contributed by atoms with Crippen LogP contribution in [0, 0.1) is 17.6 Å². The van der Waals surface area contributed by atoms with Crippen LogP contribution in [0.3, 0.4) is 0 Å². The molecule has 0 saturated heterocycles. The largest absolute Gasteiger partial charge is 0.479 e. The zero-order valence-electron chi connectivity index (χ0n) is 28.6. The molecule has 2 aromatic carbocycles. The first-order valence-corrected chi connectivity index (χ1v) is 17.8. The summed E-state index contributed by atoms with van der Waals surface area (Å²) in [5, 5.41) is 13.7. The Balaban J connectivity index is 1.98. The van der Waals surface area contributed by atoms with Gasteiger partial charge in [0.2, 0.25) is 15.8 Å². The molecule has 268 valence electrons. The first-order chi connectivity index (χ1) is 23.2. The van der Waals surface area contributed by atoms with Crippen molar-refractivity contribution in [3.63, 3.8) is 0 Å². The van der Waals surface area contributed by atoms with Gasteiger partial charge in [0.25, 0.3) is 0 Å². The van der Waals surface area contributed by atoms with E-state index in [0.717, 1.165) is 12.1 Å². The van der Waals surface area contributed by atoms with Gasteiger partial charge >= 0.3 is 12.1 Å². The smallest absolute Gasteiger partial charge is 0.408 e. The molecule has 0 bridgehead atoms. The second-order valence-corrected chi connectivity index (χ2v) is 15.5. The standard InChI is InChI=1S/C35H39ClF2N4O7S/c1-8-15-50(47,48)41-27-14-13-26(37)28(29(27)38)30(43)25-18-42(31-24(25)16-22(17-39-31)21-9-11-23(36)12-10-21)20(4)35(19(2)3,32(44)45)40-33(46)49-34(5,6)7/h9-14,16-20,41H,8,15H2,1-7H3,(H,40,46)(H,44,45). The summed E-state index contributed by atoms with van der Waals surface area (Å²) in [7, 11) is -4.01. The van der Waals surface area contributed by atoms with Gasteiger partial charge in [-0.05, 0) is 75.9 Å². The molecule has 0 spiro atoms. The van der Waals surface area contributed by atoms with E-state index in [2.05, 4.69) is 15.0 Å². The summed E-state index contributed by atoms with van der Waals surface area (Å²) < 4.78 is 64.9. The molecule has 2 unspecified atom stereocenters. The predicted molar refractivity (Wildman–Crippen MR) is 187 cm³/mol. The second-order valence-electron chi connectivity index (χ2n) is 13.2. The Bertz CT molecular complexity index is 2060. The molecule has 4 rings (SSSR count). The summed E-state index contributed by atoms with van der Waals surface area (Å²) >= 11 is 6.07. The zero-order valence-corrected chi connectivity index (χ0v) is 30.2. The summed E-state index contributed by atoms with van der Waals surface area (Å²) in [6, 6.07) is 8.74. The van der Waals surface area contributed by atoms with Crippen LogP contribution < -0.4 is 10.0 Å². The number of fused-ring (bicyclic) bond motifs is 1. The van der Waals surface area contributed by atoms with E-state index in [1.807, 2.05) is 0 Å². The van der Waals surface area contributed by atoms with E-state index >= 15 is 8.78 Å². The van der Waals surface area contributed by atoms with Crippen molar-refractivity contribution in [1.82, 2.24) is 14.9 Å². The fourth-order valence-electron chi connectivity index (χ4n) is 5.77. The lowest BCUT2D eigenvalue weighted by molar-refractivity contribution is -0.149. The van der Waals surface area contributed by atoms with Crippen LogP contribution in [0.4, 0.5) is 19.3 Å². The molecule has 0 aliphatic rings. The molecule has 3 N–H and O–H groups in total. The quantitative estimate of drug-likeness (QED) is 0.126. The van der Waals surface area contributed by atoms with Gasteiger partial charge in [0.15, 0.2) is 11.4 Å². The molecule has 1 amide bonds. The van der Waals surface area contributed by atoms with Crippen molar-refractivity contribution in [1.29, 1.82) is 0 Å². The van der Waals surface area contributed by atoms with E-state index in [4.69, 9.17) is 16.3 Å². The van der Waals surface area contributed by atoms with Crippen molar-refractivity contribution in [2.24, 2.45) is 5.92 Å². The molecule has 2 heterocycles. The Morgan fingerprint density at radius 1 is 1.04 bits per heavy atom. The maximum atomic E-state index is 15.9. The predicted octanol–water partition coefficient (Wildman–Crippen LogP) is 7.58. The number of benzene rings is 2. The number of carbonyl (C=O) groups is 3. The maximum absolute atomic E-state index is 15.9. The summed E-state index contributed by atoms with van der Waals surface area (Å²) in [6.07, 6.45) is 1.92. The van der Waals surface area contributed by atoms with Gasteiger partial charge in [-0.3, -0.25) is 9.52 Å². The molecule has 2 aromatic heterocycles. The van der Waals surface area contributed by atoms with Gasteiger partial charge in [-0.1, -0.05) is 44.5 Å². The number of sulfonamides is 1. The molecular weight excluding hydrogens is 694 g/mol. The second kappa shape index (κ2) is 14.4. The molecular formula is C35H39ClF2N4O7S. The maximum Gasteiger partial charge on any atom is 0.408 e. The number of pyridine rings is 1. The number of carboxylic acid groups (broad SMARTS) is 1. The Kier molecular flexibility index (Phi) is 11.0. The number of nitrogens with zero attached hydrogens (tertiary/aromatic N) is 2. The highest BCUT2D eigenvalue weighted by molar-refractivity contribution is 7.92. The molecule has 15 heteroatoms. The van der Waals surface area contributed by atoms with Crippen LogP contribution in [0.25, 0.3) is 22.2 Å². The van der Waals surface area contributed by atoms with Crippen molar-refractivity contribution >= 4 is 56.2 Å². The fourth-order valence-corrected chi connectivity index (χ4v) is 7.03. The number of ether oxygens (including phenoxy) is 1. The normalized spacial score (nSPS) is 13.9. The molecule has 0 aliphatic carbocycles. The minimum atomic E-state index is -4.01. The number of alkyl carbamates (subject to hydrolysis) is 1. The number of ketones is 1. The van der Waals surface area contributed by atoms with Gasteiger partial charge in [-0.2, -0.15) is 0 Å². The lowest BCUT2D eigenvalue weighted by Crippen LogP contribution is -2.63. The van der Waals surface area contributed by atoms with E-state index < -0.39 is 73.9 Å². The number of aromatic nitrogens is 2. The van der Waals surface area contributed by atoms with Crippen molar-refractivity contribution in [2.75, 3.05) is 10.5 Å². The highest BCUT2D eigenvalue weighted by Gasteiger charge is 2.50. The molecule has 0 fully saturated rings. The third kappa shape index (κ3) is 7.76. The highest BCUT2D eigenvalue weighted by atomic mass is 35.5. The van der Waals surface area contributed by atoms with Crippen LogP contribution in [0.5, 0.6) is 0 Å². The van der Waals surface area contributed by atoms with E-state index in [1.165, 1.54) is 23.9 Å². The molecule has 11 nitrogen and oxygen atoms in total. The number of aliphatic carboxylic acids is 1. The van der Waals surface area contributed by atoms with Gasteiger partial charge in [-0.15, -0.1) is 0 Å². The van der Waals surface area contributed by atoms with Crippen LogP contribution in [0.1, 0.15) is 76.9 Å². The van der Waals surface area contributed by atoms with Crippen molar-refractivity contribution < 1.29 is 41.4 Å². The highest BCUT2D eigenvalue weighted by Crippen LogP contribution is 2.37. The first kappa shape index (κ1) is 38.2. The van der Waals surface area contributed by atoms with Crippen LogP contribution in [-0.4, -0.2) is 57.8 Å². The van der Waals surface area contributed by atoms with Crippen LogP contribution >= 0.6 is 11.6 Å². The van der Waals surface area contributed by atoms with Gasteiger partial charge in [-0.25, -0.2) is 31.8 Å². The van der Waals surface area contributed by atoms with Crippen LogP contribution in [-0.2, 0) is 19.6 Å². The molecule has 50 heavy (non-hydrogen) atoms. The SMILES string of the molecule is CCCS(=O)(=O)Nc1ccc(F)c(C(=O)c2cn(C(C)C(NC(=O)OC(C)(C)C)(C(=O)O)C(C)C)c3ncc(-c4ccc(Cl)cc4)cc23)c1F. The number of halogens is 3. The minimum Gasteiger partial charge on any atom is -0.479 e. The summed E-state index contributed by atoms with van der Waals surface area (Å²) in [5.41, 5.74) is -3.71. The molecule has 0 saturated carbocycles. The summed E-state index contributed by atoms with van der Waals surface area (Å²) in [5.74, 6) is -6.36. The number of hydrogen-bond acceptors (Lipinski definition) is 7. The number of anilines is 1. The van der Waals surface area contributed by atoms with Gasteiger partial charge in [0.1, 0.15) is 17.1 Å². The lowest BCUT2D eigenvalue weighted by Gasteiger charge is -2.40. The fraction of sp³-hybridized carbons (Fsp3) is 0.371. The van der Waals surface area contributed by atoms with E-state index in [9.17, 15) is 27.9 Å². The average molecular weight is 733 g/mol. The lowest BCUT2D eigenvalue weighted by atomic mass is 9.80. The van der Waals surface area contributed by atoms with Crippen molar-refractivity contribution in [3.05, 3.63) is 82.6 Å². The van der Waals surface area contributed by atoms with Crippen molar-refractivity contribution in [2.45, 2.75) is 72.1 Å².